The lowest BCUT2D eigenvalue weighted by Crippen LogP contribution is -2.45. The van der Waals surface area contributed by atoms with Crippen molar-refractivity contribution in [3.8, 4) is 0 Å². The predicted octanol–water partition coefficient (Wildman–Crippen LogP) is 2.34. The van der Waals surface area contributed by atoms with Crippen LogP contribution in [0.25, 0.3) is 0 Å². The second kappa shape index (κ2) is 5.57. The topological polar surface area (TPSA) is 60.4 Å². The smallest absolute Gasteiger partial charge is 0.320 e. The highest BCUT2D eigenvalue weighted by molar-refractivity contribution is 6.15. The summed E-state index contributed by atoms with van der Waals surface area (Å²) in [6, 6.07) is 7.24. The lowest BCUT2D eigenvalue weighted by atomic mass is 9.68. The summed E-state index contributed by atoms with van der Waals surface area (Å²) in [5.74, 6) is -1.03. The van der Waals surface area contributed by atoms with Gasteiger partial charge in [-0.25, -0.2) is 0 Å². The molecule has 0 N–H and O–H groups in total. The molecule has 0 saturated carbocycles. The minimum absolute atomic E-state index is 0.0843. The molecule has 1 aliphatic rings. The highest BCUT2D eigenvalue weighted by atomic mass is 16.5. The monoisotopic (exact) mass is 274 g/mol. The van der Waals surface area contributed by atoms with Crippen LogP contribution in [0.5, 0.6) is 0 Å². The molecule has 2 rings (SSSR count). The van der Waals surface area contributed by atoms with Gasteiger partial charge in [-0.2, -0.15) is 0 Å². The molecule has 0 aliphatic heterocycles. The van der Waals surface area contributed by atoms with Crippen LogP contribution < -0.4 is 0 Å². The van der Waals surface area contributed by atoms with E-state index in [0.717, 1.165) is 5.56 Å². The summed E-state index contributed by atoms with van der Waals surface area (Å²) >= 11 is 0. The van der Waals surface area contributed by atoms with E-state index in [-0.39, 0.29) is 24.6 Å². The van der Waals surface area contributed by atoms with Crippen LogP contribution in [0.15, 0.2) is 24.3 Å². The molecule has 20 heavy (non-hydrogen) atoms. The standard InChI is InChI=1S/C16H18O4/c1-3-20-15(19)16(10-11(2)17)9-8-12-6-4-5-7-13(12)14(16)18/h4-7H,3,8-10H2,1-2H3/t16-/m0/s1. The minimum Gasteiger partial charge on any atom is -0.465 e. The first-order valence-electron chi connectivity index (χ1n) is 6.80. The van der Waals surface area contributed by atoms with Gasteiger partial charge in [0.05, 0.1) is 6.61 Å². The van der Waals surface area contributed by atoms with Crippen LogP contribution in [0, 0.1) is 5.41 Å². The number of fused-ring (bicyclic) bond motifs is 1. The number of benzene rings is 1. The summed E-state index contributed by atoms with van der Waals surface area (Å²) in [4.78, 5) is 36.5. The Labute approximate surface area is 118 Å². The highest BCUT2D eigenvalue weighted by Gasteiger charge is 2.50. The normalized spacial score (nSPS) is 21.2. The van der Waals surface area contributed by atoms with Crippen LogP contribution in [0.2, 0.25) is 0 Å². The Morgan fingerprint density at radius 2 is 2.00 bits per heavy atom. The van der Waals surface area contributed by atoms with E-state index in [9.17, 15) is 14.4 Å². The van der Waals surface area contributed by atoms with Crippen LogP contribution in [0.1, 0.15) is 42.6 Å². The molecule has 0 bridgehead atoms. The molecule has 0 spiro atoms. The number of esters is 1. The van der Waals surface area contributed by atoms with Crippen molar-refractivity contribution in [2.45, 2.75) is 33.1 Å². The Balaban J connectivity index is 2.46. The number of aryl methyl sites for hydroxylation is 1. The van der Waals surface area contributed by atoms with Crippen LogP contribution in [0.3, 0.4) is 0 Å². The van der Waals surface area contributed by atoms with Crippen LogP contribution >= 0.6 is 0 Å². The number of Topliss-reactive ketones (excluding diaryl/α,β-unsaturated/α-hetero) is 2. The van der Waals surface area contributed by atoms with E-state index < -0.39 is 11.4 Å². The molecule has 0 saturated heterocycles. The molecule has 0 amide bonds. The summed E-state index contributed by atoms with van der Waals surface area (Å²) < 4.78 is 5.06. The van der Waals surface area contributed by atoms with Crippen molar-refractivity contribution in [2.75, 3.05) is 6.61 Å². The first kappa shape index (κ1) is 14.4. The van der Waals surface area contributed by atoms with Crippen LogP contribution in [-0.4, -0.2) is 24.1 Å². The molecule has 0 radical (unpaired) electrons. The number of rotatable bonds is 4. The molecular formula is C16H18O4. The van der Waals surface area contributed by atoms with Gasteiger partial charge in [-0.15, -0.1) is 0 Å². The number of hydrogen-bond donors (Lipinski definition) is 0. The molecule has 1 aromatic rings. The van der Waals surface area contributed by atoms with E-state index in [1.807, 2.05) is 12.1 Å². The van der Waals surface area contributed by atoms with Gasteiger partial charge in [0.2, 0.25) is 0 Å². The third kappa shape index (κ3) is 2.38. The Bertz CT molecular complexity index is 561. The number of carbonyl (C=O) groups excluding carboxylic acids is 3. The van der Waals surface area contributed by atoms with E-state index in [2.05, 4.69) is 0 Å². The minimum atomic E-state index is -1.34. The fourth-order valence-electron chi connectivity index (χ4n) is 2.81. The lowest BCUT2D eigenvalue weighted by Gasteiger charge is -2.33. The third-order valence-corrected chi connectivity index (χ3v) is 3.73. The largest absolute Gasteiger partial charge is 0.465 e. The fourth-order valence-corrected chi connectivity index (χ4v) is 2.81. The molecule has 0 aromatic heterocycles. The SMILES string of the molecule is CCOC(=O)[C@]1(CC(C)=O)CCc2ccccc2C1=O. The van der Waals surface area contributed by atoms with Crippen molar-refractivity contribution < 1.29 is 19.1 Å². The highest BCUT2D eigenvalue weighted by Crippen LogP contribution is 2.39. The van der Waals surface area contributed by atoms with Crippen molar-refractivity contribution in [1.29, 1.82) is 0 Å². The van der Waals surface area contributed by atoms with E-state index in [4.69, 9.17) is 4.74 Å². The van der Waals surface area contributed by atoms with Crippen molar-refractivity contribution in [3.05, 3.63) is 35.4 Å². The summed E-state index contributed by atoms with van der Waals surface area (Å²) in [6.45, 7) is 3.29. The predicted molar refractivity (Wildman–Crippen MR) is 73.5 cm³/mol. The van der Waals surface area contributed by atoms with Crippen LogP contribution in [-0.2, 0) is 20.7 Å². The van der Waals surface area contributed by atoms with Gasteiger partial charge >= 0.3 is 5.97 Å². The van der Waals surface area contributed by atoms with Gasteiger partial charge in [0, 0.05) is 12.0 Å². The number of ether oxygens (including phenoxy) is 1. The van der Waals surface area contributed by atoms with E-state index in [1.165, 1.54) is 6.92 Å². The summed E-state index contributed by atoms with van der Waals surface area (Å²) in [6.07, 6.45) is 0.855. The van der Waals surface area contributed by atoms with Crippen molar-refractivity contribution >= 4 is 17.5 Å². The average Bonchev–Trinajstić information content (AvgIpc) is 2.42. The van der Waals surface area contributed by atoms with Gasteiger partial charge in [0.1, 0.15) is 11.2 Å². The zero-order valence-corrected chi connectivity index (χ0v) is 11.8. The first-order chi connectivity index (χ1) is 9.51. The quantitative estimate of drug-likeness (QED) is 0.624. The molecule has 0 heterocycles. The maximum Gasteiger partial charge on any atom is 0.320 e. The van der Waals surface area contributed by atoms with Crippen molar-refractivity contribution in [1.82, 2.24) is 0 Å². The van der Waals surface area contributed by atoms with E-state index in [1.54, 1.807) is 19.1 Å². The molecule has 106 valence electrons. The Morgan fingerprint density at radius 3 is 2.65 bits per heavy atom. The Kier molecular flexibility index (Phi) is 4.02. The molecule has 0 fully saturated rings. The number of carbonyl (C=O) groups is 3. The molecule has 1 aromatic carbocycles. The van der Waals surface area contributed by atoms with Gasteiger partial charge in [-0.3, -0.25) is 14.4 Å². The van der Waals surface area contributed by atoms with E-state index in [0.29, 0.717) is 18.4 Å². The van der Waals surface area contributed by atoms with Crippen LogP contribution in [0.4, 0.5) is 0 Å². The lowest BCUT2D eigenvalue weighted by molar-refractivity contribution is -0.154. The number of hydrogen-bond acceptors (Lipinski definition) is 4. The second-order valence-electron chi connectivity index (χ2n) is 5.17. The number of ketones is 2. The molecule has 1 atom stereocenters. The van der Waals surface area contributed by atoms with Gasteiger partial charge in [0.15, 0.2) is 5.78 Å². The molecule has 4 heteroatoms. The third-order valence-electron chi connectivity index (χ3n) is 3.73. The summed E-state index contributed by atoms with van der Waals surface area (Å²) in [5.41, 5.74) is 0.130. The Hall–Kier alpha value is -1.97. The maximum absolute atomic E-state index is 12.7. The Morgan fingerprint density at radius 1 is 1.30 bits per heavy atom. The van der Waals surface area contributed by atoms with E-state index >= 15 is 0 Å². The zero-order valence-electron chi connectivity index (χ0n) is 11.8. The maximum atomic E-state index is 12.7. The second-order valence-corrected chi connectivity index (χ2v) is 5.17. The molecular weight excluding hydrogens is 256 g/mol. The summed E-state index contributed by atoms with van der Waals surface area (Å²) in [7, 11) is 0. The molecule has 0 unspecified atom stereocenters. The average molecular weight is 274 g/mol. The van der Waals surface area contributed by atoms with Gasteiger partial charge < -0.3 is 4.74 Å². The zero-order chi connectivity index (χ0) is 14.8. The first-order valence-corrected chi connectivity index (χ1v) is 6.80. The van der Waals surface area contributed by atoms with Gasteiger partial charge in [-0.05, 0) is 32.3 Å². The van der Waals surface area contributed by atoms with Crippen molar-refractivity contribution in [3.63, 3.8) is 0 Å². The van der Waals surface area contributed by atoms with Gasteiger partial charge in [-0.1, -0.05) is 24.3 Å². The van der Waals surface area contributed by atoms with Gasteiger partial charge in [0.25, 0.3) is 0 Å². The van der Waals surface area contributed by atoms with Crippen molar-refractivity contribution in [2.24, 2.45) is 5.41 Å². The summed E-state index contributed by atoms with van der Waals surface area (Å²) in [5, 5.41) is 0. The fraction of sp³-hybridized carbons (Fsp3) is 0.438. The molecule has 4 nitrogen and oxygen atoms in total. The molecule has 1 aliphatic carbocycles.